The molecule has 0 heterocycles. The number of unbranched alkanes of at least 4 members (excludes halogenated alkanes) is 4. The lowest BCUT2D eigenvalue weighted by Gasteiger charge is -1.98. The van der Waals surface area contributed by atoms with Gasteiger partial charge in [0.25, 0.3) is 0 Å². The van der Waals surface area contributed by atoms with Gasteiger partial charge in [0.1, 0.15) is 5.78 Å². The van der Waals surface area contributed by atoms with Gasteiger partial charge in [0.05, 0.1) is 0 Å². The van der Waals surface area contributed by atoms with Crippen LogP contribution in [0.3, 0.4) is 0 Å². The fraction of sp³-hybridized carbons (Fsp3) is 0.611. The molecule has 0 unspecified atom stereocenters. The van der Waals surface area contributed by atoms with Crippen molar-refractivity contribution in [2.24, 2.45) is 0 Å². The molecule has 0 N–H and O–H groups in total. The van der Waals surface area contributed by atoms with Gasteiger partial charge in [0.15, 0.2) is 0 Å². The average Bonchev–Trinajstić information content (AvgIpc) is 2.41. The Kier molecular flexibility index (Phi) is 12.5. The first-order valence-electron chi connectivity index (χ1n) is 7.74. The first kappa shape index (κ1) is 17.9. The molecule has 0 bridgehead atoms. The smallest absolute Gasteiger partial charge is 0.132 e. The summed E-state index contributed by atoms with van der Waals surface area (Å²) in [7, 11) is 0. The van der Waals surface area contributed by atoms with Crippen molar-refractivity contribution < 1.29 is 4.79 Å². The van der Waals surface area contributed by atoms with E-state index in [9.17, 15) is 4.79 Å². The highest BCUT2D eigenvalue weighted by atomic mass is 16.1. The second-order valence-corrected chi connectivity index (χ2v) is 5.11. The quantitative estimate of drug-likeness (QED) is 0.548. The van der Waals surface area contributed by atoms with E-state index in [0.29, 0.717) is 5.78 Å². The number of Topliss-reactive ketones (excluding diaryl/α,β-unsaturated/α-hetero) is 1. The topological polar surface area (TPSA) is 17.1 Å². The summed E-state index contributed by atoms with van der Waals surface area (Å²) in [4.78, 5) is 11.2. The molecule has 1 rings (SSSR count). The van der Waals surface area contributed by atoms with Crippen LogP contribution in [0.4, 0.5) is 0 Å². The maximum Gasteiger partial charge on any atom is 0.132 e. The van der Waals surface area contributed by atoms with Gasteiger partial charge in [0, 0.05) is 12.8 Å². The molecule has 0 aliphatic rings. The number of carbonyl (C=O) groups excluding carboxylic acids is 1. The van der Waals surface area contributed by atoms with E-state index in [1.807, 2.05) is 18.2 Å². The second-order valence-electron chi connectivity index (χ2n) is 5.11. The molecule has 1 nitrogen and oxygen atoms in total. The van der Waals surface area contributed by atoms with Crippen molar-refractivity contribution in [3.05, 3.63) is 35.9 Å². The number of rotatable bonds is 8. The van der Waals surface area contributed by atoms with Gasteiger partial charge in [-0.3, -0.25) is 4.79 Å². The maximum atomic E-state index is 11.2. The van der Waals surface area contributed by atoms with Crippen molar-refractivity contribution in [2.75, 3.05) is 0 Å². The Morgan fingerprint density at radius 1 is 0.842 bits per heavy atom. The molecule has 0 saturated heterocycles. The van der Waals surface area contributed by atoms with Crippen LogP contribution in [0.25, 0.3) is 0 Å². The highest BCUT2D eigenvalue weighted by Gasteiger charge is 1.99. The van der Waals surface area contributed by atoms with Crippen molar-refractivity contribution >= 4 is 5.78 Å². The molecule has 0 aromatic heterocycles. The largest absolute Gasteiger partial charge is 0.300 e. The molecule has 0 fully saturated rings. The maximum absolute atomic E-state index is 11.2. The van der Waals surface area contributed by atoms with Crippen molar-refractivity contribution in [3.8, 4) is 0 Å². The molecule has 1 aromatic carbocycles. The van der Waals surface area contributed by atoms with Crippen molar-refractivity contribution in [2.45, 2.75) is 72.1 Å². The van der Waals surface area contributed by atoms with E-state index in [1.54, 1.807) is 0 Å². The molecule has 0 aliphatic heterocycles. The first-order chi connectivity index (χ1) is 9.20. The Morgan fingerprint density at radius 2 is 1.32 bits per heavy atom. The fourth-order valence-electron chi connectivity index (χ4n) is 1.80. The van der Waals surface area contributed by atoms with Crippen LogP contribution in [0, 0.1) is 6.92 Å². The Balaban J connectivity index is 0.000000388. The Labute approximate surface area is 119 Å². The predicted molar refractivity (Wildman–Crippen MR) is 84.5 cm³/mol. The molecule has 0 saturated carbocycles. The number of carbonyl (C=O) groups is 1. The molecule has 108 valence electrons. The van der Waals surface area contributed by atoms with Crippen molar-refractivity contribution in [3.63, 3.8) is 0 Å². The summed E-state index contributed by atoms with van der Waals surface area (Å²) < 4.78 is 0. The third kappa shape index (κ3) is 13.1. The SMILES string of the molecule is CCCCCC(=O)CCCCC.Cc1ccccc1. The second kappa shape index (κ2) is 13.3. The predicted octanol–water partition coefficient (Wildman–Crippen LogP) is 5.71. The zero-order valence-corrected chi connectivity index (χ0v) is 13.0. The summed E-state index contributed by atoms with van der Waals surface area (Å²) in [6.07, 6.45) is 8.67. The van der Waals surface area contributed by atoms with Gasteiger partial charge in [-0.1, -0.05) is 75.4 Å². The van der Waals surface area contributed by atoms with Crippen LogP contribution in [0.5, 0.6) is 0 Å². The van der Waals surface area contributed by atoms with E-state index < -0.39 is 0 Å². The highest BCUT2D eigenvalue weighted by molar-refractivity contribution is 5.78. The van der Waals surface area contributed by atoms with Crippen LogP contribution in [-0.4, -0.2) is 5.78 Å². The number of ketones is 1. The Bertz CT molecular complexity index is 291. The summed E-state index contributed by atoms with van der Waals surface area (Å²) in [5.74, 6) is 0.469. The normalized spacial score (nSPS) is 9.63. The van der Waals surface area contributed by atoms with Crippen LogP contribution in [0.2, 0.25) is 0 Å². The van der Waals surface area contributed by atoms with Gasteiger partial charge in [-0.2, -0.15) is 0 Å². The lowest BCUT2D eigenvalue weighted by molar-refractivity contribution is -0.119. The van der Waals surface area contributed by atoms with E-state index >= 15 is 0 Å². The molecule has 19 heavy (non-hydrogen) atoms. The lowest BCUT2D eigenvalue weighted by atomic mass is 10.1. The van der Waals surface area contributed by atoms with Crippen molar-refractivity contribution in [1.82, 2.24) is 0 Å². The van der Waals surface area contributed by atoms with Crippen molar-refractivity contribution in [1.29, 1.82) is 0 Å². The lowest BCUT2D eigenvalue weighted by Crippen LogP contribution is -1.96. The van der Waals surface area contributed by atoms with E-state index in [2.05, 4.69) is 32.9 Å². The summed E-state index contributed by atoms with van der Waals surface area (Å²) in [5, 5.41) is 0. The summed E-state index contributed by atoms with van der Waals surface area (Å²) >= 11 is 0. The molecule has 1 heteroatoms. The minimum absolute atomic E-state index is 0.469. The minimum Gasteiger partial charge on any atom is -0.300 e. The molecule has 0 aliphatic carbocycles. The summed E-state index contributed by atoms with van der Waals surface area (Å²) in [6, 6.07) is 10.3. The molecular formula is C18H30O. The molecule has 0 spiro atoms. The first-order valence-corrected chi connectivity index (χ1v) is 7.74. The molecule has 0 amide bonds. The summed E-state index contributed by atoms with van der Waals surface area (Å²) in [6.45, 7) is 6.42. The van der Waals surface area contributed by atoms with Crippen LogP contribution < -0.4 is 0 Å². The fourth-order valence-corrected chi connectivity index (χ4v) is 1.80. The summed E-state index contributed by atoms with van der Waals surface area (Å²) in [5.41, 5.74) is 1.32. The van der Waals surface area contributed by atoms with Gasteiger partial charge in [0.2, 0.25) is 0 Å². The van der Waals surface area contributed by atoms with E-state index in [4.69, 9.17) is 0 Å². The third-order valence-corrected chi connectivity index (χ3v) is 3.06. The standard InChI is InChI=1S/C11H22O.C7H8/c1-3-5-7-9-11(12)10-8-6-4-2;1-7-5-3-2-4-6-7/h3-10H2,1-2H3;2-6H,1H3. The Morgan fingerprint density at radius 3 is 1.63 bits per heavy atom. The monoisotopic (exact) mass is 262 g/mol. The van der Waals surface area contributed by atoms with Gasteiger partial charge in [-0.25, -0.2) is 0 Å². The van der Waals surface area contributed by atoms with E-state index in [0.717, 1.165) is 25.7 Å². The van der Waals surface area contributed by atoms with Crippen LogP contribution in [-0.2, 0) is 4.79 Å². The molecular weight excluding hydrogens is 232 g/mol. The zero-order valence-electron chi connectivity index (χ0n) is 13.0. The molecule has 1 aromatic rings. The number of benzene rings is 1. The number of aryl methyl sites for hydroxylation is 1. The zero-order chi connectivity index (χ0) is 14.3. The van der Waals surface area contributed by atoms with Gasteiger partial charge >= 0.3 is 0 Å². The van der Waals surface area contributed by atoms with Crippen LogP contribution in [0.15, 0.2) is 30.3 Å². The van der Waals surface area contributed by atoms with E-state index in [-0.39, 0.29) is 0 Å². The highest BCUT2D eigenvalue weighted by Crippen LogP contribution is 2.05. The Hall–Kier alpha value is -1.11. The molecule has 0 radical (unpaired) electrons. The number of hydrogen-bond donors (Lipinski definition) is 0. The average molecular weight is 262 g/mol. The van der Waals surface area contributed by atoms with E-state index in [1.165, 1.54) is 31.2 Å². The van der Waals surface area contributed by atoms with Crippen LogP contribution >= 0.6 is 0 Å². The van der Waals surface area contributed by atoms with Gasteiger partial charge < -0.3 is 0 Å². The minimum atomic E-state index is 0.469. The number of hydrogen-bond acceptors (Lipinski definition) is 1. The van der Waals surface area contributed by atoms with Gasteiger partial charge in [-0.15, -0.1) is 0 Å². The van der Waals surface area contributed by atoms with Gasteiger partial charge in [-0.05, 0) is 19.8 Å². The third-order valence-electron chi connectivity index (χ3n) is 3.06. The molecule has 0 atom stereocenters. The van der Waals surface area contributed by atoms with Crippen LogP contribution in [0.1, 0.15) is 70.8 Å².